The average molecular weight is 319 g/mol. The van der Waals surface area contributed by atoms with E-state index in [4.69, 9.17) is 4.74 Å². The Morgan fingerprint density at radius 3 is 2.39 bits per heavy atom. The Morgan fingerprint density at radius 1 is 1.17 bits per heavy atom. The van der Waals surface area contributed by atoms with Crippen molar-refractivity contribution in [3.8, 4) is 5.75 Å². The smallest absolute Gasteiger partial charge is 0.123 e. The predicted molar refractivity (Wildman–Crippen MR) is 96.1 cm³/mol. The van der Waals surface area contributed by atoms with Crippen LogP contribution < -0.4 is 4.74 Å². The summed E-state index contributed by atoms with van der Waals surface area (Å²) in [5.41, 5.74) is 1.23. The van der Waals surface area contributed by atoms with E-state index in [2.05, 4.69) is 45.6 Å². The van der Waals surface area contributed by atoms with Gasteiger partial charge in [0.25, 0.3) is 0 Å². The molecule has 3 heteroatoms. The molecule has 0 spiro atoms. The number of nitrogens with zero attached hydrogens (tertiary/aromatic N) is 1. The maximum Gasteiger partial charge on any atom is 0.123 e. The van der Waals surface area contributed by atoms with Crippen LogP contribution in [0, 0.1) is 0 Å². The Balaban J connectivity index is 1.93. The zero-order valence-electron chi connectivity index (χ0n) is 15.4. The van der Waals surface area contributed by atoms with Crippen LogP contribution >= 0.6 is 0 Å². The fraction of sp³-hybridized carbons (Fsp3) is 0.700. The van der Waals surface area contributed by atoms with Gasteiger partial charge in [0.05, 0.1) is 0 Å². The summed E-state index contributed by atoms with van der Waals surface area (Å²) in [6.45, 7) is 12.1. The number of hydrogen-bond acceptors (Lipinski definition) is 3. The van der Waals surface area contributed by atoms with Gasteiger partial charge in [-0.15, -0.1) is 0 Å². The van der Waals surface area contributed by atoms with Crippen LogP contribution in [-0.2, 0) is 5.41 Å². The monoisotopic (exact) mass is 319 g/mol. The van der Waals surface area contributed by atoms with E-state index in [0.717, 1.165) is 5.75 Å². The molecule has 1 N–H and O–H groups in total. The molecule has 3 atom stereocenters. The molecule has 0 radical (unpaired) electrons. The molecule has 1 aliphatic heterocycles. The van der Waals surface area contributed by atoms with Crippen LogP contribution in [0.5, 0.6) is 5.75 Å². The fourth-order valence-electron chi connectivity index (χ4n) is 3.53. The number of benzene rings is 1. The van der Waals surface area contributed by atoms with Crippen LogP contribution in [0.1, 0.15) is 59.4 Å². The van der Waals surface area contributed by atoms with Gasteiger partial charge in [0, 0.05) is 18.6 Å². The molecule has 0 saturated carbocycles. The van der Waals surface area contributed by atoms with Crippen molar-refractivity contribution < 1.29 is 9.84 Å². The van der Waals surface area contributed by atoms with Crippen LogP contribution in [0.3, 0.4) is 0 Å². The molecular formula is C20H33NO2. The van der Waals surface area contributed by atoms with Gasteiger partial charge in [-0.3, -0.25) is 4.90 Å². The third-order valence-electron chi connectivity index (χ3n) is 4.92. The van der Waals surface area contributed by atoms with Crippen molar-refractivity contribution in [2.24, 2.45) is 0 Å². The Labute approximate surface area is 141 Å². The number of likely N-dealkylation sites (tertiary alicyclic amines) is 1. The average Bonchev–Trinajstić information content (AvgIpc) is 2.48. The second kappa shape index (κ2) is 7.67. The molecular weight excluding hydrogens is 286 g/mol. The summed E-state index contributed by atoms with van der Waals surface area (Å²) in [5.74, 6) is 0.888. The summed E-state index contributed by atoms with van der Waals surface area (Å²) < 4.78 is 5.96. The number of β-amino-alcohol motifs (C(OH)–C–C–N with tert-alkyl or cyclic N) is 1. The molecule has 23 heavy (non-hydrogen) atoms. The topological polar surface area (TPSA) is 32.7 Å². The number of hydrogen-bond donors (Lipinski definition) is 1. The summed E-state index contributed by atoms with van der Waals surface area (Å²) in [7, 11) is 0. The number of para-hydroxylation sites is 1. The summed E-state index contributed by atoms with van der Waals surface area (Å²) in [5, 5.41) is 10.4. The molecule has 0 unspecified atom stereocenters. The third kappa shape index (κ3) is 4.95. The molecule has 1 heterocycles. The number of piperidine rings is 1. The first-order valence-electron chi connectivity index (χ1n) is 8.95. The fourth-order valence-corrected chi connectivity index (χ4v) is 3.53. The van der Waals surface area contributed by atoms with Crippen molar-refractivity contribution in [2.45, 2.75) is 77.5 Å². The Morgan fingerprint density at radius 2 is 1.78 bits per heavy atom. The molecule has 1 saturated heterocycles. The van der Waals surface area contributed by atoms with E-state index in [9.17, 15) is 5.11 Å². The molecule has 0 bridgehead atoms. The van der Waals surface area contributed by atoms with Gasteiger partial charge in [0.15, 0.2) is 0 Å². The number of aliphatic hydroxyl groups excluding tert-OH is 1. The number of rotatable bonds is 5. The first-order chi connectivity index (χ1) is 10.8. The second-order valence-electron chi connectivity index (χ2n) is 8.04. The number of aliphatic hydroxyl groups is 1. The van der Waals surface area contributed by atoms with Gasteiger partial charge >= 0.3 is 0 Å². The first kappa shape index (κ1) is 18.3. The maximum absolute atomic E-state index is 10.4. The molecule has 1 aromatic rings. The highest BCUT2D eigenvalue weighted by Crippen LogP contribution is 2.31. The highest BCUT2D eigenvalue weighted by molar-refractivity contribution is 5.38. The lowest BCUT2D eigenvalue weighted by Crippen LogP contribution is -2.48. The van der Waals surface area contributed by atoms with Crippen molar-refractivity contribution in [3.63, 3.8) is 0 Å². The normalized spacial score (nSPS) is 24.4. The van der Waals surface area contributed by atoms with Crippen LogP contribution in [-0.4, -0.2) is 41.3 Å². The summed E-state index contributed by atoms with van der Waals surface area (Å²) in [4.78, 5) is 2.42. The molecule has 1 aliphatic rings. The van der Waals surface area contributed by atoms with Gasteiger partial charge in [-0.1, -0.05) is 45.4 Å². The van der Waals surface area contributed by atoms with E-state index in [1.807, 2.05) is 18.2 Å². The maximum atomic E-state index is 10.4. The molecule has 3 nitrogen and oxygen atoms in total. The van der Waals surface area contributed by atoms with Gasteiger partial charge in [0.2, 0.25) is 0 Å². The van der Waals surface area contributed by atoms with Crippen LogP contribution in [0.2, 0.25) is 0 Å². The van der Waals surface area contributed by atoms with Crippen molar-refractivity contribution in [3.05, 3.63) is 29.8 Å². The summed E-state index contributed by atoms with van der Waals surface area (Å²) >= 11 is 0. The quantitative estimate of drug-likeness (QED) is 0.891. The van der Waals surface area contributed by atoms with Crippen molar-refractivity contribution in [1.82, 2.24) is 4.90 Å². The van der Waals surface area contributed by atoms with Gasteiger partial charge in [-0.05, 0) is 43.7 Å². The third-order valence-corrected chi connectivity index (χ3v) is 4.92. The lowest BCUT2D eigenvalue weighted by atomic mass is 9.86. The first-order valence-corrected chi connectivity index (χ1v) is 8.95. The zero-order chi connectivity index (χ0) is 17.0. The lowest BCUT2D eigenvalue weighted by Gasteiger charge is -2.40. The molecule has 130 valence electrons. The highest BCUT2D eigenvalue weighted by Gasteiger charge is 2.27. The minimum atomic E-state index is -0.453. The highest BCUT2D eigenvalue weighted by atomic mass is 16.5. The SMILES string of the molecule is C[C@@H]1CCC[C@H](C)N1C[C@H](O)COc1ccccc1C(C)(C)C. The van der Waals surface area contributed by atoms with Gasteiger partial charge in [-0.25, -0.2) is 0 Å². The van der Waals surface area contributed by atoms with E-state index >= 15 is 0 Å². The minimum Gasteiger partial charge on any atom is -0.491 e. The van der Waals surface area contributed by atoms with Crippen LogP contribution in [0.4, 0.5) is 0 Å². The summed E-state index contributed by atoms with van der Waals surface area (Å²) in [6, 6.07) is 9.24. The molecule has 1 fully saturated rings. The minimum absolute atomic E-state index is 0.0391. The van der Waals surface area contributed by atoms with E-state index < -0.39 is 6.10 Å². The zero-order valence-corrected chi connectivity index (χ0v) is 15.4. The van der Waals surface area contributed by atoms with Gasteiger partial charge < -0.3 is 9.84 Å². The van der Waals surface area contributed by atoms with Crippen LogP contribution in [0.15, 0.2) is 24.3 Å². The lowest BCUT2D eigenvalue weighted by molar-refractivity contribution is 0.0206. The predicted octanol–water partition coefficient (Wildman–Crippen LogP) is 3.99. The van der Waals surface area contributed by atoms with Crippen molar-refractivity contribution in [1.29, 1.82) is 0 Å². The van der Waals surface area contributed by atoms with E-state index in [1.54, 1.807) is 0 Å². The van der Waals surface area contributed by atoms with Crippen LogP contribution in [0.25, 0.3) is 0 Å². The largest absolute Gasteiger partial charge is 0.491 e. The van der Waals surface area contributed by atoms with E-state index in [0.29, 0.717) is 25.2 Å². The van der Waals surface area contributed by atoms with Gasteiger partial charge in [0.1, 0.15) is 18.5 Å². The Kier molecular flexibility index (Phi) is 6.10. The van der Waals surface area contributed by atoms with E-state index in [-0.39, 0.29) is 5.41 Å². The molecule has 2 rings (SSSR count). The van der Waals surface area contributed by atoms with Crippen molar-refractivity contribution in [2.75, 3.05) is 13.2 Å². The standard InChI is InChI=1S/C20H33NO2/c1-15-9-8-10-16(2)21(15)13-17(22)14-23-19-12-7-6-11-18(19)20(3,4)5/h6-7,11-12,15-17,22H,8-10,13-14H2,1-5H3/t15-,16+,17-/m0/s1. The second-order valence-corrected chi connectivity index (χ2v) is 8.04. The van der Waals surface area contributed by atoms with E-state index in [1.165, 1.54) is 24.8 Å². The van der Waals surface area contributed by atoms with Gasteiger partial charge in [-0.2, -0.15) is 0 Å². The number of ether oxygens (including phenoxy) is 1. The Hall–Kier alpha value is -1.06. The molecule has 0 amide bonds. The van der Waals surface area contributed by atoms with Crippen molar-refractivity contribution >= 4 is 0 Å². The molecule has 1 aromatic carbocycles. The summed E-state index contributed by atoms with van der Waals surface area (Å²) in [6.07, 6.45) is 3.30. The molecule has 0 aromatic heterocycles. The Bertz CT molecular complexity index is 485. The molecule has 0 aliphatic carbocycles.